The van der Waals surface area contributed by atoms with E-state index < -0.39 is 4.92 Å². The van der Waals surface area contributed by atoms with Crippen molar-refractivity contribution in [1.29, 1.82) is 0 Å². The molecule has 7 nitrogen and oxygen atoms in total. The van der Waals surface area contributed by atoms with Gasteiger partial charge in [-0.25, -0.2) is 0 Å². The molecule has 0 spiro atoms. The van der Waals surface area contributed by atoms with E-state index in [9.17, 15) is 14.9 Å². The fourth-order valence-corrected chi connectivity index (χ4v) is 2.83. The van der Waals surface area contributed by atoms with E-state index in [4.69, 9.17) is 0 Å². The molecule has 2 aromatic rings. The van der Waals surface area contributed by atoms with E-state index in [1.807, 2.05) is 0 Å². The minimum absolute atomic E-state index is 0.0491. The lowest BCUT2D eigenvalue weighted by molar-refractivity contribution is -0.384. The van der Waals surface area contributed by atoms with Gasteiger partial charge in [-0.3, -0.25) is 14.9 Å². The summed E-state index contributed by atoms with van der Waals surface area (Å²) in [5, 5.41) is 20.0. The molecule has 0 atom stereocenters. The van der Waals surface area contributed by atoms with E-state index in [1.165, 1.54) is 23.2 Å². The molecule has 0 N–H and O–H groups in total. The van der Waals surface area contributed by atoms with E-state index in [2.05, 4.69) is 10.2 Å². The summed E-state index contributed by atoms with van der Waals surface area (Å²) in [5.74, 6) is 0.0330. The molecule has 0 fully saturated rings. The molecule has 0 saturated carbocycles. The van der Waals surface area contributed by atoms with Crippen LogP contribution in [0.1, 0.15) is 9.67 Å². The summed E-state index contributed by atoms with van der Waals surface area (Å²) in [4.78, 5) is 22.2. The molecular weight excluding hydrogens is 276 g/mol. The van der Waals surface area contributed by atoms with Gasteiger partial charge in [-0.2, -0.15) is 0 Å². The Morgan fingerprint density at radius 2 is 2.44 bits per heavy atom. The SMILES string of the molecule is Cn1cnnc1SCC(=O)c1cc([N+](=O)[O-])cs1. The van der Waals surface area contributed by atoms with Gasteiger partial charge >= 0.3 is 0 Å². The van der Waals surface area contributed by atoms with Crippen molar-refractivity contribution in [1.82, 2.24) is 14.8 Å². The summed E-state index contributed by atoms with van der Waals surface area (Å²) >= 11 is 2.33. The second-order valence-corrected chi connectivity index (χ2v) is 5.22. The average molecular weight is 284 g/mol. The number of hydrogen-bond acceptors (Lipinski definition) is 7. The minimum atomic E-state index is -0.511. The third-order valence-electron chi connectivity index (χ3n) is 2.07. The van der Waals surface area contributed by atoms with Crippen LogP contribution in [0.2, 0.25) is 0 Å². The molecule has 0 aliphatic rings. The minimum Gasteiger partial charge on any atom is -0.312 e. The van der Waals surface area contributed by atoms with Crippen LogP contribution < -0.4 is 0 Å². The maximum Gasteiger partial charge on any atom is 0.280 e. The van der Waals surface area contributed by atoms with Crippen LogP contribution in [0.15, 0.2) is 22.9 Å². The predicted molar refractivity (Wildman–Crippen MR) is 67.0 cm³/mol. The Hall–Kier alpha value is -1.74. The van der Waals surface area contributed by atoms with Crippen LogP contribution in [0.3, 0.4) is 0 Å². The quantitative estimate of drug-likeness (QED) is 0.359. The van der Waals surface area contributed by atoms with Crippen LogP contribution in [0.4, 0.5) is 5.69 Å². The number of carbonyl (C=O) groups is 1. The van der Waals surface area contributed by atoms with Crippen LogP contribution >= 0.6 is 23.1 Å². The molecule has 18 heavy (non-hydrogen) atoms. The Labute approximate surface area is 110 Å². The Balaban J connectivity index is 1.99. The molecule has 2 aromatic heterocycles. The first-order valence-electron chi connectivity index (χ1n) is 4.81. The van der Waals surface area contributed by atoms with Crippen molar-refractivity contribution in [2.24, 2.45) is 7.05 Å². The zero-order valence-corrected chi connectivity index (χ0v) is 10.9. The Morgan fingerprint density at radius 1 is 1.67 bits per heavy atom. The largest absolute Gasteiger partial charge is 0.312 e. The summed E-state index contributed by atoms with van der Waals surface area (Å²) in [6.45, 7) is 0. The molecule has 2 rings (SSSR count). The van der Waals surface area contributed by atoms with Crippen LogP contribution in [0, 0.1) is 10.1 Å². The molecule has 9 heteroatoms. The van der Waals surface area contributed by atoms with Crippen molar-refractivity contribution in [2.75, 3.05) is 5.75 Å². The fourth-order valence-electron chi connectivity index (χ4n) is 1.17. The Bertz CT molecular complexity index is 592. The summed E-state index contributed by atoms with van der Waals surface area (Å²) in [6.07, 6.45) is 1.54. The van der Waals surface area contributed by atoms with Gasteiger partial charge in [0.15, 0.2) is 10.9 Å². The van der Waals surface area contributed by atoms with Crippen molar-refractivity contribution in [3.8, 4) is 0 Å². The van der Waals surface area contributed by atoms with Gasteiger partial charge in [-0.1, -0.05) is 11.8 Å². The standard InChI is InChI=1S/C9H8N4O3S2/c1-12-5-10-11-9(12)18-4-7(14)8-2-6(3-17-8)13(15)16/h2-3,5H,4H2,1H3. The lowest BCUT2D eigenvalue weighted by Crippen LogP contribution is -2.01. The molecule has 0 aliphatic heterocycles. The second kappa shape index (κ2) is 5.27. The average Bonchev–Trinajstić information content (AvgIpc) is 2.94. The molecule has 0 aliphatic carbocycles. The molecule has 0 saturated heterocycles. The van der Waals surface area contributed by atoms with Crippen LogP contribution in [0.25, 0.3) is 0 Å². The normalized spacial score (nSPS) is 10.5. The van der Waals surface area contributed by atoms with Gasteiger partial charge in [0.25, 0.3) is 5.69 Å². The Kier molecular flexibility index (Phi) is 3.72. The first-order valence-corrected chi connectivity index (χ1v) is 6.67. The lowest BCUT2D eigenvalue weighted by atomic mass is 10.3. The highest BCUT2D eigenvalue weighted by atomic mass is 32.2. The van der Waals surface area contributed by atoms with Crippen molar-refractivity contribution in [3.05, 3.63) is 32.8 Å². The summed E-state index contributed by atoms with van der Waals surface area (Å²) in [7, 11) is 1.78. The number of nitro groups is 1. The topological polar surface area (TPSA) is 90.9 Å². The van der Waals surface area contributed by atoms with Crippen molar-refractivity contribution in [3.63, 3.8) is 0 Å². The zero-order chi connectivity index (χ0) is 13.1. The number of hydrogen-bond donors (Lipinski definition) is 0. The van der Waals surface area contributed by atoms with Gasteiger partial charge in [0.05, 0.1) is 20.9 Å². The highest BCUT2D eigenvalue weighted by Crippen LogP contribution is 2.24. The molecular formula is C9H8N4O3S2. The number of aryl methyl sites for hydroxylation is 1. The zero-order valence-electron chi connectivity index (χ0n) is 9.27. The molecule has 0 amide bonds. The van der Waals surface area contributed by atoms with E-state index in [1.54, 1.807) is 17.9 Å². The van der Waals surface area contributed by atoms with Gasteiger partial charge in [-0.15, -0.1) is 21.5 Å². The van der Waals surface area contributed by atoms with Crippen molar-refractivity contribution < 1.29 is 9.72 Å². The van der Waals surface area contributed by atoms with Crippen LogP contribution in [-0.2, 0) is 7.05 Å². The fraction of sp³-hybridized carbons (Fsp3) is 0.222. The van der Waals surface area contributed by atoms with Crippen molar-refractivity contribution in [2.45, 2.75) is 5.16 Å². The third kappa shape index (κ3) is 2.74. The maximum absolute atomic E-state index is 11.8. The van der Waals surface area contributed by atoms with E-state index in [-0.39, 0.29) is 17.2 Å². The number of thioether (sulfide) groups is 1. The molecule has 0 bridgehead atoms. The van der Waals surface area contributed by atoms with Gasteiger partial charge in [0.1, 0.15) is 6.33 Å². The Morgan fingerprint density at radius 3 is 3.00 bits per heavy atom. The van der Waals surface area contributed by atoms with Crippen LogP contribution in [0.5, 0.6) is 0 Å². The number of aromatic nitrogens is 3. The summed E-state index contributed by atoms with van der Waals surface area (Å²) < 4.78 is 1.70. The molecule has 0 unspecified atom stereocenters. The number of thiophene rings is 1. The molecule has 0 aromatic carbocycles. The smallest absolute Gasteiger partial charge is 0.280 e. The molecule has 2 heterocycles. The number of carbonyl (C=O) groups excluding carboxylic acids is 1. The monoisotopic (exact) mass is 284 g/mol. The second-order valence-electron chi connectivity index (χ2n) is 3.36. The number of rotatable bonds is 5. The predicted octanol–water partition coefficient (Wildman–Crippen LogP) is 1.76. The first kappa shape index (κ1) is 12.7. The van der Waals surface area contributed by atoms with Gasteiger partial charge in [-0.05, 0) is 0 Å². The lowest BCUT2D eigenvalue weighted by Gasteiger charge is -1.97. The van der Waals surface area contributed by atoms with Gasteiger partial charge in [0.2, 0.25) is 0 Å². The number of Topliss-reactive ketones (excluding diaryl/α,β-unsaturated/α-hetero) is 1. The highest BCUT2D eigenvalue weighted by Gasteiger charge is 2.16. The molecule has 0 radical (unpaired) electrons. The first-order chi connectivity index (χ1) is 8.58. The summed E-state index contributed by atoms with van der Waals surface area (Å²) in [6, 6.07) is 1.30. The third-order valence-corrected chi connectivity index (χ3v) is 4.07. The van der Waals surface area contributed by atoms with E-state index >= 15 is 0 Å². The number of nitrogens with zero attached hydrogens (tertiary/aromatic N) is 4. The van der Waals surface area contributed by atoms with Crippen molar-refractivity contribution >= 4 is 34.6 Å². The maximum atomic E-state index is 11.8. The summed E-state index contributed by atoms with van der Waals surface area (Å²) in [5.41, 5.74) is -0.0491. The van der Waals surface area contributed by atoms with Crippen LogP contribution in [-0.4, -0.2) is 31.2 Å². The molecule has 94 valence electrons. The van der Waals surface area contributed by atoms with E-state index in [0.29, 0.717) is 10.0 Å². The van der Waals surface area contributed by atoms with Gasteiger partial charge < -0.3 is 4.57 Å². The van der Waals surface area contributed by atoms with E-state index in [0.717, 1.165) is 11.3 Å². The van der Waals surface area contributed by atoms with Gasteiger partial charge in [0, 0.05) is 13.1 Å². The highest BCUT2D eigenvalue weighted by molar-refractivity contribution is 7.99. The number of ketones is 1.